The fourth-order valence-corrected chi connectivity index (χ4v) is 4.29. The summed E-state index contributed by atoms with van der Waals surface area (Å²) in [4.78, 5) is 14.1. The molecule has 2 aromatic carbocycles. The molecule has 0 bridgehead atoms. The molecule has 0 aromatic heterocycles. The molecule has 0 radical (unpaired) electrons. The summed E-state index contributed by atoms with van der Waals surface area (Å²) >= 11 is 5.85. The number of ether oxygens (including phenoxy) is 1. The lowest BCUT2D eigenvalue weighted by Gasteiger charge is -2.17. The van der Waals surface area contributed by atoms with Crippen molar-refractivity contribution in [3.05, 3.63) is 53.6 Å². The third kappa shape index (κ3) is 4.17. The van der Waals surface area contributed by atoms with E-state index in [1.807, 2.05) is 12.1 Å². The van der Waals surface area contributed by atoms with Gasteiger partial charge in [-0.1, -0.05) is 17.7 Å². The second-order valence-corrected chi connectivity index (χ2v) is 8.29. The molecule has 1 aliphatic rings. The van der Waals surface area contributed by atoms with Gasteiger partial charge in [-0.2, -0.15) is 0 Å². The van der Waals surface area contributed by atoms with Crippen LogP contribution in [-0.4, -0.2) is 34.5 Å². The van der Waals surface area contributed by atoms with Crippen molar-refractivity contribution in [2.75, 3.05) is 25.1 Å². The maximum atomic E-state index is 12.4. The molecule has 1 N–H and O–H groups in total. The molecule has 3 rings (SSSR count). The average Bonchev–Trinajstić information content (AvgIpc) is 3.01. The molecular weight excluding hydrogens is 376 g/mol. The Morgan fingerprint density at radius 2 is 1.96 bits per heavy atom. The number of nitrogens with zero attached hydrogens (tertiary/aromatic N) is 1. The summed E-state index contributed by atoms with van der Waals surface area (Å²) in [5.74, 6) is 0.590. The van der Waals surface area contributed by atoms with Gasteiger partial charge >= 0.3 is 0 Å². The molecule has 2 aromatic rings. The second kappa shape index (κ2) is 7.65. The molecule has 1 fully saturated rings. The first-order chi connectivity index (χ1) is 12.4. The van der Waals surface area contributed by atoms with Crippen molar-refractivity contribution in [3.63, 3.8) is 0 Å². The van der Waals surface area contributed by atoms with E-state index >= 15 is 0 Å². The highest BCUT2D eigenvalue weighted by molar-refractivity contribution is 7.89. The number of amides is 1. The highest BCUT2D eigenvalue weighted by Gasteiger charge is 2.31. The quantitative estimate of drug-likeness (QED) is 0.817. The van der Waals surface area contributed by atoms with Crippen LogP contribution >= 0.6 is 11.6 Å². The van der Waals surface area contributed by atoms with Gasteiger partial charge < -0.3 is 9.64 Å². The van der Waals surface area contributed by atoms with Crippen LogP contribution in [0.25, 0.3) is 0 Å². The highest BCUT2D eigenvalue weighted by atomic mass is 35.5. The molecule has 0 aliphatic carbocycles. The van der Waals surface area contributed by atoms with Gasteiger partial charge in [-0.3, -0.25) is 4.79 Å². The largest absolute Gasteiger partial charge is 0.497 e. The smallest absolute Gasteiger partial charge is 0.240 e. The Morgan fingerprint density at radius 1 is 1.23 bits per heavy atom. The summed E-state index contributed by atoms with van der Waals surface area (Å²) in [6.45, 7) is 0.649. The lowest BCUT2D eigenvalue weighted by molar-refractivity contribution is -0.117. The van der Waals surface area contributed by atoms with E-state index in [2.05, 4.69) is 4.72 Å². The van der Waals surface area contributed by atoms with Crippen molar-refractivity contribution >= 4 is 33.2 Å². The summed E-state index contributed by atoms with van der Waals surface area (Å²) in [7, 11) is -2.08. The van der Waals surface area contributed by atoms with Gasteiger partial charge in [0.2, 0.25) is 15.9 Å². The van der Waals surface area contributed by atoms with Crippen molar-refractivity contribution in [1.29, 1.82) is 0 Å². The fourth-order valence-electron chi connectivity index (χ4n) is 2.88. The molecular formula is C18H19ClN2O4S. The number of methoxy groups -OCH3 is 1. The molecule has 0 unspecified atom stereocenters. The molecule has 138 valence electrons. The summed E-state index contributed by atoms with van der Waals surface area (Å²) in [5, 5.41) is 0.356. The van der Waals surface area contributed by atoms with Crippen molar-refractivity contribution in [3.8, 4) is 5.75 Å². The molecule has 0 saturated carbocycles. The van der Waals surface area contributed by atoms with E-state index in [0.29, 0.717) is 23.7 Å². The predicted molar refractivity (Wildman–Crippen MR) is 100 cm³/mol. The van der Waals surface area contributed by atoms with Crippen molar-refractivity contribution in [1.82, 2.24) is 4.72 Å². The monoisotopic (exact) mass is 394 g/mol. The molecule has 26 heavy (non-hydrogen) atoms. The molecule has 1 saturated heterocycles. The molecule has 1 amide bonds. The van der Waals surface area contributed by atoms with Crippen LogP contribution in [-0.2, 0) is 14.8 Å². The van der Waals surface area contributed by atoms with Gasteiger partial charge in [0, 0.05) is 30.2 Å². The van der Waals surface area contributed by atoms with Crippen LogP contribution in [0.1, 0.15) is 6.42 Å². The zero-order valence-electron chi connectivity index (χ0n) is 14.2. The van der Waals surface area contributed by atoms with Gasteiger partial charge in [0.15, 0.2) is 0 Å². The average molecular weight is 395 g/mol. The molecule has 1 atom stereocenters. The molecule has 6 nitrogen and oxygen atoms in total. The van der Waals surface area contributed by atoms with Crippen LogP contribution in [0.15, 0.2) is 53.4 Å². The number of carbonyl (C=O) groups excluding carboxylic acids is 1. The van der Waals surface area contributed by atoms with E-state index in [1.54, 1.807) is 36.3 Å². The van der Waals surface area contributed by atoms with Gasteiger partial charge in [0.05, 0.1) is 12.0 Å². The number of hydrogen-bond acceptors (Lipinski definition) is 4. The van der Waals surface area contributed by atoms with Gasteiger partial charge in [-0.25, -0.2) is 13.1 Å². The standard InChI is InChI=1S/C18H19ClN2O4S/c1-25-16-7-5-15(6-8-16)21-12-13(9-18(21)22)11-20-26(23,24)17-4-2-3-14(19)10-17/h2-8,10,13,20H,9,11-12H2,1H3/t13-/m1/s1. The van der Waals surface area contributed by atoms with Crippen molar-refractivity contribution < 1.29 is 17.9 Å². The number of carbonyl (C=O) groups is 1. The maximum Gasteiger partial charge on any atom is 0.240 e. The Kier molecular flexibility index (Phi) is 5.50. The summed E-state index contributed by atoms with van der Waals surface area (Å²) in [5.41, 5.74) is 0.774. The zero-order chi connectivity index (χ0) is 18.7. The first-order valence-corrected chi connectivity index (χ1v) is 9.95. The van der Waals surface area contributed by atoms with Crippen LogP contribution in [0.4, 0.5) is 5.69 Å². The first kappa shape index (κ1) is 18.7. The number of benzene rings is 2. The Morgan fingerprint density at radius 3 is 2.62 bits per heavy atom. The molecule has 8 heteroatoms. The summed E-state index contributed by atoms with van der Waals surface area (Å²) in [6.07, 6.45) is 0.296. The number of nitrogens with one attached hydrogen (secondary N) is 1. The minimum atomic E-state index is -3.66. The normalized spacial score (nSPS) is 17.5. The SMILES string of the molecule is COc1ccc(N2C[C@@H](CNS(=O)(=O)c3cccc(Cl)c3)CC2=O)cc1. The summed E-state index contributed by atoms with van der Waals surface area (Å²) in [6, 6.07) is 13.3. The number of rotatable bonds is 6. The Balaban J connectivity index is 1.64. The van der Waals surface area contributed by atoms with Crippen molar-refractivity contribution in [2.24, 2.45) is 5.92 Å². The van der Waals surface area contributed by atoms with Gasteiger partial charge in [0.1, 0.15) is 5.75 Å². The number of halogens is 1. The van der Waals surface area contributed by atoms with E-state index in [1.165, 1.54) is 12.1 Å². The van der Waals surface area contributed by atoms with Crippen LogP contribution in [0.2, 0.25) is 5.02 Å². The minimum Gasteiger partial charge on any atom is -0.497 e. The van der Waals surface area contributed by atoms with Crippen LogP contribution in [0.3, 0.4) is 0 Å². The zero-order valence-corrected chi connectivity index (χ0v) is 15.8. The highest BCUT2D eigenvalue weighted by Crippen LogP contribution is 2.27. The topological polar surface area (TPSA) is 75.7 Å². The van der Waals surface area contributed by atoms with Crippen LogP contribution in [0, 0.1) is 5.92 Å². The first-order valence-electron chi connectivity index (χ1n) is 8.09. The van der Waals surface area contributed by atoms with Gasteiger partial charge in [0.25, 0.3) is 0 Å². The molecule has 1 aliphatic heterocycles. The van der Waals surface area contributed by atoms with E-state index in [9.17, 15) is 13.2 Å². The number of anilines is 1. The van der Waals surface area contributed by atoms with Gasteiger partial charge in [-0.15, -0.1) is 0 Å². The third-order valence-corrected chi connectivity index (χ3v) is 5.91. The van der Waals surface area contributed by atoms with E-state index < -0.39 is 10.0 Å². The number of hydrogen-bond donors (Lipinski definition) is 1. The van der Waals surface area contributed by atoms with Crippen LogP contribution < -0.4 is 14.4 Å². The van der Waals surface area contributed by atoms with E-state index in [4.69, 9.17) is 16.3 Å². The van der Waals surface area contributed by atoms with Crippen LogP contribution in [0.5, 0.6) is 5.75 Å². The Labute approximate surface area is 157 Å². The van der Waals surface area contributed by atoms with E-state index in [-0.39, 0.29) is 23.3 Å². The second-order valence-electron chi connectivity index (χ2n) is 6.08. The third-order valence-electron chi connectivity index (χ3n) is 4.26. The lowest BCUT2D eigenvalue weighted by Crippen LogP contribution is -2.31. The minimum absolute atomic E-state index is 0.0258. The molecule has 0 spiro atoms. The fraction of sp³-hybridized carbons (Fsp3) is 0.278. The van der Waals surface area contributed by atoms with E-state index in [0.717, 1.165) is 5.69 Å². The Bertz CT molecular complexity index is 900. The lowest BCUT2D eigenvalue weighted by atomic mass is 10.1. The Hall–Kier alpha value is -2.09. The predicted octanol–water partition coefficient (Wildman–Crippen LogP) is 2.68. The van der Waals surface area contributed by atoms with Gasteiger partial charge in [-0.05, 0) is 48.4 Å². The van der Waals surface area contributed by atoms with Crippen molar-refractivity contribution in [2.45, 2.75) is 11.3 Å². The maximum absolute atomic E-state index is 12.4. The number of sulfonamides is 1. The summed E-state index contributed by atoms with van der Waals surface area (Å²) < 4.78 is 32.4. The molecule has 1 heterocycles.